The van der Waals surface area contributed by atoms with E-state index in [2.05, 4.69) is 190 Å². The summed E-state index contributed by atoms with van der Waals surface area (Å²) in [5, 5.41) is 5.07. The van der Waals surface area contributed by atoms with Gasteiger partial charge in [0, 0.05) is 44.3 Å². The fraction of sp³-hybridized carbons (Fsp3) is 0. The Balaban J connectivity index is 0.000000288. The molecule has 58 heavy (non-hydrogen) atoms. The Labute approximate surface area is 361 Å². The standard InChI is InChI=1S/C42H28N3.C12H8.Na/c1-2-12-30(13-3-1)43(31-22-26-33(27-23-31)44-39-18-8-4-14-35(39)36-15-5-9-19-40(36)44)32-24-28-34(29-25-32)45-41-20-10-6-16-37(41)38-17-7-11-21-42(38)45;1-3-7-11(8-4-1)12-9-5-2-6-10-12;/h2-29H;1-7,9H;/q-1;-2;+1. The molecule has 0 saturated heterocycles. The van der Waals surface area contributed by atoms with Crippen LogP contribution >= 0.6 is 0 Å². The number of benzene rings is 9. The van der Waals surface area contributed by atoms with Crippen molar-refractivity contribution in [3.63, 3.8) is 0 Å². The van der Waals surface area contributed by atoms with Crippen molar-refractivity contribution < 1.29 is 29.6 Å². The molecule has 0 aliphatic rings. The zero-order valence-electron chi connectivity index (χ0n) is 32.1. The van der Waals surface area contributed by atoms with Crippen molar-refractivity contribution in [1.29, 1.82) is 0 Å². The molecule has 0 aliphatic carbocycles. The van der Waals surface area contributed by atoms with Crippen LogP contribution in [-0.4, -0.2) is 9.13 Å². The third-order valence-corrected chi connectivity index (χ3v) is 10.6. The van der Waals surface area contributed by atoms with E-state index in [-0.39, 0.29) is 29.6 Å². The van der Waals surface area contributed by atoms with Gasteiger partial charge in [0.1, 0.15) is 0 Å². The maximum Gasteiger partial charge on any atom is 1.00 e. The van der Waals surface area contributed by atoms with E-state index in [4.69, 9.17) is 0 Å². The van der Waals surface area contributed by atoms with Gasteiger partial charge in [-0.05, 0) is 72.8 Å². The maximum absolute atomic E-state index is 3.18. The third-order valence-electron chi connectivity index (χ3n) is 10.6. The number of nitrogens with zero attached hydrogens (tertiary/aromatic N) is 3. The van der Waals surface area contributed by atoms with Crippen LogP contribution in [0.3, 0.4) is 0 Å². The van der Waals surface area contributed by atoms with Gasteiger partial charge < -0.3 is 14.0 Å². The van der Waals surface area contributed by atoms with E-state index in [1.165, 1.54) is 43.6 Å². The maximum atomic E-state index is 3.18. The zero-order valence-corrected chi connectivity index (χ0v) is 34.1. The second kappa shape index (κ2) is 16.5. The first-order valence-corrected chi connectivity index (χ1v) is 19.2. The summed E-state index contributed by atoms with van der Waals surface area (Å²) in [6.07, 6.45) is 0. The molecule has 0 N–H and O–H groups in total. The molecule has 3 nitrogen and oxygen atoms in total. The minimum atomic E-state index is 0. The summed E-state index contributed by atoms with van der Waals surface area (Å²) in [7, 11) is 0. The number of rotatable bonds is 6. The van der Waals surface area contributed by atoms with Gasteiger partial charge in [0.15, 0.2) is 0 Å². The van der Waals surface area contributed by atoms with Crippen molar-refractivity contribution in [2.75, 3.05) is 4.90 Å². The van der Waals surface area contributed by atoms with Crippen LogP contribution in [-0.2, 0) is 0 Å². The summed E-state index contributed by atoms with van der Waals surface area (Å²) in [5.41, 5.74) is 12.6. The topological polar surface area (TPSA) is 13.1 Å². The Morgan fingerprint density at radius 3 is 0.983 bits per heavy atom. The largest absolute Gasteiger partial charge is 1.00 e. The van der Waals surface area contributed by atoms with Gasteiger partial charge in [0.2, 0.25) is 0 Å². The van der Waals surface area contributed by atoms with Crippen LogP contribution in [0.15, 0.2) is 218 Å². The number of para-hydroxylation sites is 4. The zero-order chi connectivity index (χ0) is 38.0. The molecule has 11 rings (SSSR count). The molecule has 11 aromatic rings. The molecule has 0 radical (unpaired) electrons. The number of anilines is 3. The summed E-state index contributed by atoms with van der Waals surface area (Å²) in [4.78, 5) is 2.30. The van der Waals surface area contributed by atoms with Gasteiger partial charge in [0.25, 0.3) is 0 Å². The van der Waals surface area contributed by atoms with Gasteiger partial charge in [-0.15, -0.1) is 24.3 Å². The first-order valence-electron chi connectivity index (χ1n) is 19.2. The average Bonchev–Trinajstić information content (AvgIpc) is 3.81. The molecule has 4 heteroatoms. The van der Waals surface area contributed by atoms with Crippen LogP contribution in [0.1, 0.15) is 0 Å². The molecule has 2 heterocycles. The van der Waals surface area contributed by atoms with Crippen LogP contribution in [0.2, 0.25) is 0 Å². The van der Waals surface area contributed by atoms with Crippen molar-refractivity contribution in [3.8, 4) is 22.5 Å². The number of aromatic nitrogens is 2. The first-order chi connectivity index (χ1) is 28.3. The molecule has 0 unspecified atom stereocenters. The fourth-order valence-corrected chi connectivity index (χ4v) is 8.00. The summed E-state index contributed by atoms with van der Waals surface area (Å²) in [6.45, 7) is 0. The van der Waals surface area contributed by atoms with Crippen molar-refractivity contribution >= 4 is 60.7 Å². The molecule has 0 aliphatic heterocycles. The van der Waals surface area contributed by atoms with E-state index >= 15 is 0 Å². The molecule has 0 amide bonds. The second-order valence-corrected chi connectivity index (χ2v) is 13.9. The monoisotopic (exact) mass is 749 g/mol. The minimum absolute atomic E-state index is 0. The minimum Gasteiger partial charge on any atom is -0.334 e. The summed E-state index contributed by atoms with van der Waals surface area (Å²) in [6, 6.07) is 85.8. The number of hydrogen-bond acceptors (Lipinski definition) is 1. The fourth-order valence-electron chi connectivity index (χ4n) is 8.00. The molecule has 0 saturated carbocycles. The predicted molar refractivity (Wildman–Crippen MR) is 238 cm³/mol. The average molecular weight is 750 g/mol. The Hall–Kier alpha value is -6.62. The van der Waals surface area contributed by atoms with E-state index in [9.17, 15) is 0 Å². The Morgan fingerprint density at radius 1 is 0.310 bits per heavy atom. The van der Waals surface area contributed by atoms with Crippen molar-refractivity contribution in [3.05, 3.63) is 237 Å². The van der Waals surface area contributed by atoms with Crippen LogP contribution < -0.4 is 34.5 Å². The van der Waals surface area contributed by atoms with Gasteiger partial charge in [-0.25, -0.2) is 11.1 Å². The molecule has 0 spiro atoms. The number of hydrogen-bond donors (Lipinski definition) is 0. The van der Waals surface area contributed by atoms with Crippen molar-refractivity contribution in [2.45, 2.75) is 0 Å². The summed E-state index contributed by atoms with van der Waals surface area (Å²) in [5.74, 6) is 0. The van der Waals surface area contributed by atoms with E-state index < -0.39 is 0 Å². The normalized spacial score (nSPS) is 11.0. The van der Waals surface area contributed by atoms with Crippen LogP contribution in [0, 0.1) is 18.2 Å². The van der Waals surface area contributed by atoms with E-state index in [0.29, 0.717) is 0 Å². The van der Waals surface area contributed by atoms with Crippen LogP contribution in [0.4, 0.5) is 17.1 Å². The Morgan fingerprint density at radius 2 is 0.638 bits per heavy atom. The van der Waals surface area contributed by atoms with Gasteiger partial charge in [-0.3, -0.25) is 0 Å². The van der Waals surface area contributed by atoms with Gasteiger partial charge in [-0.1, -0.05) is 78.5 Å². The van der Waals surface area contributed by atoms with E-state index in [0.717, 1.165) is 39.6 Å². The Bertz CT molecular complexity index is 2790. The van der Waals surface area contributed by atoms with Crippen LogP contribution in [0.25, 0.3) is 66.1 Å². The second-order valence-electron chi connectivity index (χ2n) is 13.9. The summed E-state index contributed by atoms with van der Waals surface area (Å²) >= 11 is 0. The summed E-state index contributed by atoms with van der Waals surface area (Å²) < 4.78 is 4.72. The quantitative estimate of drug-likeness (QED) is 0.122. The molecular formula is C54H36N3Na-2. The molecule has 0 bridgehead atoms. The Kier molecular flexibility index (Phi) is 10.5. The van der Waals surface area contributed by atoms with Gasteiger partial charge in [-0.2, -0.15) is 66.7 Å². The van der Waals surface area contributed by atoms with Crippen molar-refractivity contribution in [2.24, 2.45) is 0 Å². The molecule has 9 aromatic carbocycles. The SMILES string of the molecule is [Na+].[c-]1ccc(N(c2ccc(-n3c4ccccc4c4ccccc43)cc2)c2ccc(-n3c4ccccc4c4ccccc43)cc2)cc1.[c-]1ccccc1-c1[c-]cccc1. The van der Waals surface area contributed by atoms with Gasteiger partial charge in [0.05, 0.1) is 22.1 Å². The van der Waals surface area contributed by atoms with Crippen LogP contribution in [0.5, 0.6) is 0 Å². The predicted octanol–water partition coefficient (Wildman–Crippen LogP) is 11.1. The smallest absolute Gasteiger partial charge is 0.334 e. The number of fused-ring (bicyclic) bond motifs is 6. The first kappa shape index (κ1) is 37.0. The van der Waals surface area contributed by atoms with E-state index in [1.807, 2.05) is 60.7 Å². The molecule has 2 aromatic heterocycles. The molecular weight excluding hydrogens is 714 g/mol. The van der Waals surface area contributed by atoms with E-state index in [1.54, 1.807) is 0 Å². The molecule has 270 valence electrons. The van der Waals surface area contributed by atoms with Gasteiger partial charge >= 0.3 is 29.6 Å². The molecule has 0 atom stereocenters. The molecule has 0 fully saturated rings. The third kappa shape index (κ3) is 6.90. The van der Waals surface area contributed by atoms with Crippen molar-refractivity contribution in [1.82, 2.24) is 9.13 Å².